The average Bonchev–Trinajstić information content (AvgIpc) is 3.41. The maximum absolute atomic E-state index is 13.9. The van der Waals surface area contributed by atoms with E-state index in [0.717, 1.165) is 39.2 Å². The molecule has 2 aromatic carbocycles. The maximum atomic E-state index is 13.9. The zero-order chi connectivity index (χ0) is 24.3. The fourth-order valence-corrected chi connectivity index (χ4v) is 7.45. The van der Waals surface area contributed by atoms with E-state index < -0.39 is 16.5 Å². The van der Waals surface area contributed by atoms with Crippen LogP contribution in [0.15, 0.2) is 48.5 Å². The number of nitrogens with one attached hydrogen (secondary N) is 1. The van der Waals surface area contributed by atoms with Crippen LogP contribution in [0.4, 0.5) is 5.69 Å². The number of hydrogen-bond donors (Lipinski definition) is 1. The van der Waals surface area contributed by atoms with E-state index in [4.69, 9.17) is 4.74 Å². The highest BCUT2D eigenvalue weighted by atomic mass is 16.5. The first-order valence-electron chi connectivity index (χ1n) is 12.2. The van der Waals surface area contributed by atoms with E-state index in [1.54, 1.807) is 7.11 Å². The Morgan fingerprint density at radius 1 is 1.11 bits per heavy atom. The van der Waals surface area contributed by atoms with E-state index in [1.807, 2.05) is 53.4 Å². The first-order chi connectivity index (χ1) is 16.7. The summed E-state index contributed by atoms with van der Waals surface area (Å²) >= 11 is 0. The van der Waals surface area contributed by atoms with Gasteiger partial charge in [-0.05, 0) is 68.5 Å². The zero-order valence-electron chi connectivity index (χ0n) is 20.1. The van der Waals surface area contributed by atoms with E-state index in [2.05, 4.69) is 19.2 Å². The van der Waals surface area contributed by atoms with Gasteiger partial charge in [0.15, 0.2) is 0 Å². The predicted octanol–water partition coefficient (Wildman–Crippen LogP) is 3.63. The molecule has 2 spiro atoms. The van der Waals surface area contributed by atoms with Gasteiger partial charge in [-0.1, -0.05) is 18.2 Å². The normalized spacial score (nSPS) is 31.5. The molecular formula is C28H27N3O4. The topological polar surface area (TPSA) is 84.7 Å². The molecule has 0 saturated carbocycles. The number of fused-ring (bicyclic) bond motifs is 4. The van der Waals surface area contributed by atoms with Crippen molar-refractivity contribution in [3.8, 4) is 16.9 Å². The van der Waals surface area contributed by atoms with Gasteiger partial charge in [-0.2, -0.15) is 4.74 Å². The number of methoxy groups -OCH3 is 1. The Bertz CT molecular complexity index is 1410. The second kappa shape index (κ2) is 6.33. The number of nitrogens with zero attached hydrogens (tertiary/aromatic N) is 2. The van der Waals surface area contributed by atoms with E-state index >= 15 is 0 Å². The quantitative estimate of drug-likeness (QED) is 0.538. The molecule has 1 unspecified atom stereocenters. The number of allylic oxidation sites excluding steroid dienone is 1. The lowest BCUT2D eigenvalue weighted by Crippen LogP contribution is -2.83. The number of piperazine rings is 1. The van der Waals surface area contributed by atoms with Crippen LogP contribution in [0, 0.1) is 16.5 Å². The maximum Gasteiger partial charge on any atom is 0.253 e. The summed E-state index contributed by atoms with van der Waals surface area (Å²) in [5, 5.41) is 17.0. The molecule has 2 amide bonds. The number of amides is 2. The summed E-state index contributed by atoms with van der Waals surface area (Å²) in [6, 6.07) is 13.6. The van der Waals surface area contributed by atoms with Crippen molar-refractivity contribution in [3.05, 3.63) is 59.3 Å². The Morgan fingerprint density at radius 2 is 1.86 bits per heavy atom. The third-order valence-corrected chi connectivity index (χ3v) is 9.16. The van der Waals surface area contributed by atoms with Crippen molar-refractivity contribution in [2.75, 3.05) is 13.7 Å². The van der Waals surface area contributed by atoms with Crippen molar-refractivity contribution in [2.24, 2.45) is 11.3 Å². The van der Waals surface area contributed by atoms with E-state index in [1.165, 1.54) is 0 Å². The third kappa shape index (κ3) is 2.29. The minimum Gasteiger partial charge on any atom is -0.618 e. The second-order valence-corrected chi connectivity index (χ2v) is 11.1. The summed E-state index contributed by atoms with van der Waals surface area (Å²) in [5.74, 6) is 0.526. The average molecular weight is 470 g/mol. The fourth-order valence-electron chi connectivity index (χ4n) is 7.45. The molecule has 1 aliphatic carbocycles. The Labute approximate surface area is 203 Å². The highest BCUT2D eigenvalue weighted by Crippen LogP contribution is 2.60. The Balaban J connectivity index is 1.41. The third-order valence-electron chi connectivity index (χ3n) is 9.16. The van der Waals surface area contributed by atoms with Crippen LogP contribution in [0.1, 0.15) is 38.7 Å². The molecule has 8 rings (SSSR count). The zero-order valence-corrected chi connectivity index (χ0v) is 20.1. The molecule has 4 fully saturated rings. The lowest BCUT2D eigenvalue weighted by Gasteiger charge is -2.62. The fraction of sp³-hybridized carbons (Fsp3) is 0.393. The molecule has 2 aromatic rings. The first-order valence-corrected chi connectivity index (χ1v) is 12.2. The molecule has 6 aliphatic rings. The van der Waals surface area contributed by atoms with Crippen LogP contribution in [0.3, 0.4) is 0 Å². The molecule has 7 nitrogen and oxygen atoms in total. The van der Waals surface area contributed by atoms with Crippen LogP contribution in [-0.4, -0.2) is 51.9 Å². The SMILES string of the molecule is COc1ccc(-c2ccc3c(c2)[N+]([O-])=C2C3=C[C@@]34NC(=O)[C@]5(CCCN5C3=O)CC4C2(C)C)cc1. The van der Waals surface area contributed by atoms with Crippen molar-refractivity contribution < 1.29 is 19.1 Å². The van der Waals surface area contributed by atoms with Gasteiger partial charge in [0.25, 0.3) is 5.91 Å². The molecule has 7 heteroatoms. The van der Waals surface area contributed by atoms with Gasteiger partial charge in [-0.15, -0.1) is 0 Å². The molecule has 3 atom stereocenters. The number of rotatable bonds is 2. The van der Waals surface area contributed by atoms with E-state index in [-0.39, 0.29) is 17.7 Å². The van der Waals surface area contributed by atoms with Crippen molar-refractivity contribution in [3.63, 3.8) is 0 Å². The van der Waals surface area contributed by atoms with Gasteiger partial charge in [-0.25, -0.2) is 0 Å². The Hall–Kier alpha value is -3.61. The van der Waals surface area contributed by atoms with Gasteiger partial charge in [-0.3, -0.25) is 9.59 Å². The van der Waals surface area contributed by atoms with Crippen LogP contribution in [0.2, 0.25) is 0 Å². The highest BCUT2D eigenvalue weighted by molar-refractivity contribution is 6.30. The monoisotopic (exact) mass is 469 g/mol. The standard InChI is InChI=1S/C28H27N3O4/c1-26(2)22-15-27-11-4-12-30(27)25(33)28(22,29-24(27)32)14-20-19-10-7-17(13-21(19)31(34)23(20)26)16-5-8-18(35-3)9-6-16/h5-10,13-14,22H,4,11-12,15H2,1-3H3,(H,29,32)/t22?,27-,28-/m0/s1. The van der Waals surface area contributed by atoms with Crippen molar-refractivity contribution >= 4 is 28.8 Å². The minimum atomic E-state index is -1.11. The van der Waals surface area contributed by atoms with Crippen LogP contribution >= 0.6 is 0 Å². The van der Waals surface area contributed by atoms with Gasteiger partial charge in [0.05, 0.1) is 23.7 Å². The summed E-state index contributed by atoms with van der Waals surface area (Å²) in [4.78, 5) is 29.0. The van der Waals surface area contributed by atoms with Crippen molar-refractivity contribution in [1.82, 2.24) is 10.2 Å². The summed E-state index contributed by atoms with van der Waals surface area (Å²) in [7, 11) is 1.63. The van der Waals surface area contributed by atoms with Gasteiger partial charge in [0, 0.05) is 18.5 Å². The van der Waals surface area contributed by atoms with Crippen LogP contribution in [0.5, 0.6) is 5.75 Å². The summed E-state index contributed by atoms with van der Waals surface area (Å²) in [6.07, 6.45) is 4.00. The molecule has 0 aromatic heterocycles. The van der Waals surface area contributed by atoms with Crippen LogP contribution in [-0.2, 0) is 9.59 Å². The van der Waals surface area contributed by atoms with Crippen LogP contribution in [0.25, 0.3) is 16.7 Å². The van der Waals surface area contributed by atoms with Gasteiger partial charge in [0.2, 0.25) is 17.3 Å². The first kappa shape index (κ1) is 20.7. The van der Waals surface area contributed by atoms with Gasteiger partial charge >= 0.3 is 0 Å². The molecule has 2 bridgehead atoms. The number of ether oxygens (including phenoxy) is 1. The molecule has 0 radical (unpaired) electrons. The van der Waals surface area contributed by atoms with E-state index in [0.29, 0.717) is 30.8 Å². The Morgan fingerprint density at radius 3 is 2.60 bits per heavy atom. The number of carbonyl (C=O) groups is 2. The van der Waals surface area contributed by atoms with E-state index in [9.17, 15) is 14.8 Å². The van der Waals surface area contributed by atoms with Gasteiger partial charge < -0.3 is 20.2 Å². The lowest BCUT2D eigenvalue weighted by molar-refractivity contribution is -0.362. The number of hydrogen-bond acceptors (Lipinski definition) is 4. The molecule has 5 aliphatic heterocycles. The minimum absolute atomic E-state index is 0.0220. The summed E-state index contributed by atoms with van der Waals surface area (Å²) in [6.45, 7) is 4.73. The number of piperidine rings is 2. The smallest absolute Gasteiger partial charge is 0.253 e. The highest BCUT2D eigenvalue weighted by Gasteiger charge is 2.73. The summed E-state index contributed by atoms with van der Waals surface area (Å²) < 4.78 is 6.32. The largest absolute Gasteiger partial charge is 0.618 e. The molecule has 1 N–H and O–H groups in total. The number of benzene rings is 2. The van der Waals surface area contributed by atoms with Crippen LogP contribution < -0.4 is 10.1 Å². The molecule has 35 heavy (non-hydrogen) atoms. The molecular weight excluding hydrogens is 442 g/mol. The summed E-state index contributed by atoms with van der Waals surface area (Å²) in [5.41, 5.74) is 2.28. The van der Waals surface area contributed by atoms with Gasteiger partial charge in [0.1, 0.15) is 16.8 Å². The number of carbonyl (C=O) groups excluding carboxylic acids is 2. The Kier molecular flexibility index (Phi) is 3.75. The lowest BCUT2D eigenvalue weighted by atomic mass is 9.51. The molecule has 178 valence electrons. The molecule has 5 heterocycles. The van der Waals surface area contributed by atoms with Crippen molar-refractivity contribution in [1.29, 1.82) is 0 Å². The predicted molar refractivity (Wildman–Crippen MR) is 131 cm³/mol. The second-order valence-electron chi connectivity index (χ2n) is 11.1. The molecule has 4 saturated heterocycles. The van der Waals surface area contributed by atoms with Crippen molar-refractivity contribution in [2.45, 2.75) is 44.2 Å².